The number of hydrogen-bond acceptors (Lipinski definition) is 3. The molecule has 1 amide bonds. The van der Waals surface area contributed by atoms with Gasteiger partial charge in [0.15, 0.2) is 0 Å². The fraction of sp³-hybridized carbons (Fsp3) is 0.545. The minimum Gasteiger partial charge on any atom is -0.395 e. The lowest BCUT2D eigenvalue weighted by molar-refractivity contribution is 0.0737. The molecule has 1 rings (SSSR count). The third-order valence-electron chi connectivity index (χ3n) is 2.42. The Kier molecular flexibility index (Phi) is 4.29. The molecule has 0 aliphatic heterocycles. The van der Waals surface area contributed by atoms with E-state index < -0.39 is 0 Å². The zero-order valence-electron chi connectivity index (χ0n) is 9.41. The molecule has 0 atom stereocenters. The second kappa shape index (κ2) is 5.28. The second-order valence-corrected chi connectivity index (χ2v) is 4.71. The number of carbonyl (C=O) groups is 1. The maximum absolute atomic E-state index is 12.0. The molecular formula is C11H17NO2S. The van der Waals surface area contributed by atoms with Crippen LogP contribution in [0.5, 0.6) is 0 Å². The number of likely N-dealkylation sites (N-methyl/N-ethyl adjacent to an activating group) is 1. The average molecular weight is 227 g/mol. The van der Waals surface area contributed by atoms with E-state index in [2.05, 4.69) is 0 Å². The molecule has 1 heterocycles. The molecule has 0 unspecified atom stereocenters. The quantitative estimate of drug-likeness (QED) is 0.852. The smallest absolute Gasteiger partial charge is 0.264 e. The summed E-state index contributed by atoms with van der Waals surface area (Å²) in [5, 5.41) is 8.83. The van der Waals surface area contributed by atoms with Crippen LogP contribution >= 0.6 is 11.3 Å². The van der Waals surface area contributed by atoms with Gasteiger partial charge in [0.1, 0.15) is 0 Å². The molecule has 3 nitrogen and oxygen atoms in total. The van der Waals surface area contributed by atoms with Crippen LogP contribution in [0, 0.1) is 13.8 Å². The van der Waals surface area contributed by atoms with Gasteiger partial charge < -0.3 is 10.0 Å². The van der Waals surface area contributed by atoms with Crippen LogP contribution in [0.4, 0.5) is 0 Å². The van der Waals surface area contributed by atoms with E-state index in [4.69, 9.17) is 5.11 Å². The summed E-state index contributed by atoms with van der Waals surface area (Å²) in [6.07, 6.45) is 0. The standard InChI is InChI=1S/C11H17NO2S/c1-4-12(5-6-13)11(14)10-7-8(2)9(3)15-10/h7,13H,4-6H2,1-3H3. The van der Waals surface area contributed by atoms with Crippen LogP contribution in [0.1, 0.15) is 27.0 Å². The van der Waals surface area contributed by atoms with Crippen LogP contribution in [-0.4, -0.2) is 35.6 Å². The molecular weight excluding hydrogens is 210 g/mol. The van der Waals surface area contributed by atoms with E-state index in [0.717, 1.165) is 10.4 Å². The number of aryl methyl sites for hydroxylation is 2. The highest BCUT2D eigenvalue weighted by molar-refractivity contribution is 7.14. The Balaban J connectivity index is 2.82. The Hall–Kier alpha value is -0.870. The van der Waals surface area contributed by atoms with Gasteiger partial charge >= 0.3 is 0 Å². The highest BCUT2D eigenvalue weighted by atomic mass is 32.1. The van der Waals surface area contributed by atoms with Crippen molar-refractivity contribution < 1.29 is 9.90 Å². The zero-order valence-corrected chi connectivity index (χ0v) is 10.2. The Morgan fingerprint density at radius 3 is 2.60 bits per heavy atom. The molecule has 1 aromatic rings. The van der Waals surface area contributed by atoms with Gasteiger partial charge in [0.05, 0.1) is 11.5 Å². The number of amides is 1. The summed E-state index contributed by atoms with van der Waals surface area (Å²) in [5.41, 5.74) is 1.16. The summed E-state index contributed by atoms with van der Waals surface area (Å²) in [6.45, 7) is 6.99. The summed E-state index contributed by atoms with van der Waals surface area (Å²) in [7, 11) is 0. The fourth-order valence-corrected chi connectivity index (χ4v) is 2.36. The van der Waals surface area contributed by atoms with Crippen molar-refractivity contribution in [3.63, 3.8) is 0 Å². The van der Waals surface area contributed by atoms with Crippen molar-refractivity contribution >= 4 is 17.2 Å². The first-order valence-electron chi connectivity index (χ1n) is 5.07. The van der Waals surface area contributed by atoms with Gasteiger partial charge in [-0.05, 0) is 32.4 Å². The summed E-state index contributed by atoms with van der Waals surface area (Å²) in [4.78, 5) is 15.6. The molecule has 15 heavy (non-hydrogen) atoms. The van der Waals surface area contributed by atoms with Gasteiger partial charge in [0, 0.05) is 18.0 Å². The van der Waals surface area contributed by atoms with Crippen molar-refractivity contribution in [2.45, 2.75) is 20.8 Å². The van der Waals surface area contributed by atoms with Gasteiger partial charge in [-0.3, -0.25) is 4.79 Å². The largest absolute Gasteiger partial charge is 0.395 e. The summed E-state index contributed by atoms with van der Waals surface area (Å²) in [5.74, 6) is 0.0211. The van der Waals surface area contributed by atoms with Crippen molar-refractivity contribution in [1.82, 2.24) is 4.90 Å². The highest BCUT2D eigenvalue weighted by Gasteiger charge is 2.16. The number of thiophene rings is 1. The summed E-state index contributed by atoms with van der Waals surface area (Å²) < 4.78 is 0. The van der Waals surface area contributed by atoms with Crippen LogP contribution in [0.2, 0.25) is 0 Å². The first-order chi connectivity index (χ1) is 7.10. The van der Waals surface area contributed by atoms with E-state index in [9.17, 15) is 4.79 Å². The summed E-state index contributed by atoms with van der Waals surface area (Å²) >= 11 is 1.52. The fourth-order valence-electron chi connectivity index (χ4n) is 1.36. The molecule has 0 bridgehead atoms. The highest BCUT2D eigenvalue weighted by Crippen LogP contribution is 2.21. The third kappa shape index (κ3) is 2.79. The van der Waals surface area contributed by atoms with E-state index >= 15 is 0 Å². The van der Waals surface area contributed by atoms with Crippen LogP contribution in [0.15, 0.2) is 6.07 Å². The minimum absolute atomic E-state index is 0.0168. The van der Waals surface area contributed by atoms with Gasteiger partial charge in [-0.25, -0.2) is 0 Å². The summed E-state index contributed by atoms with van der Waals surface area (Å²) in [6, 6.07) is 1.92. The Morgan fingerprint density at radius 2 is 2.20 bits per heavy atom. The number of aliphatic hydroxyl groups excluding tert-OH is 1. The van der Waals surface area contributed by atoms with Crippen LogP contribution in [0.3, 0.4) is 0 Å². The van der Waals surface area contributed by atoms with Crippen LogP contribution < -0.4 is 0 Å². The lowest BCUT2D eigenvalue weighted by atomic mass is 10.2. The average Bonchev–Trinajstić information content (AvgIpc) is 2.55. The maximum atomic E-state index is 12.0. The number of rotatable bonds is 4. The van der Waals surface area contributed by atoms with Crippen LogP contribution in [-0.2, 0) is 0 Å². The van der Waals surface area contributed by atoms with Gasteiger partial charge in [-0.15, -0.1) is 11.3 Å². The zero-order chi connectivity index (χ0) is 11.4. The molecule has 0 spiro atoms. The maximum Gasteiger partial charge on any atom is 0.264 e. The normalized spacial score (nSPS) is 10.4. The monoisotopic (exact) mass is 227 g/mol. The van der Waals surface area contributed by atoms with E-state index in [1.807, 2.05) is 26.8 Å². The van der Waals surface area contributed by atoms with E-state index in [0.29, 0.717) is 13.1 Å². The van der Waals surface area contributed by atoms with Gasteiger partial charge in [-0.2, -0.15) is 0 Å². The van der Waals surface area contributed by atoms with Gasteiger partial charge in [-0.1, -0.05) is 0 Å². The first kappa shape index (κ1) is 12.2. The predicted octanol–water partition coefficient (Wildman–Crippen LogP) is 1.82. The Labute approximate surface area is 94.3 Å². The van der Waals surface area contributed by atoms with Crippen molar-refractivity contribution in [1.29, 1.82) is 0 Å². The van der Waals surface area contributed by atoms with Crippen molar-refractivity contribution in [2.24, 2.45) is 0 Å². The molecule has 0 aromatic carbocycles. The Bertz CT molecular complexity index is 327. The topological polar surface area (TPSA) is 40.5 Å². The SMILES string of the molecule is CCN(CCO)C(=O)c1cc(C)c(C)s1. The number of hydrogen-bond donors (Lipinski definition) is 1. The third-order valence-corrected chi connectivity index (χ3v) is 3.56. The predicted molar refractivity (Wildman–Crippen MR) is 62.5 cm³/mol. The molecule has 1 N–H and O–H groups in total. The van der Waals surface area contributed by atoms with Gasteiger partial charge in [0.25, 0.3) is 5.91 Å². The molecule has 1 aromatic heterocycles. The number of aliphatic hydroxyl groups is 1. The Morgan fingerprint density at radius 1 is 1.53 bits per heavy atom. The number of carbonyl (C=O) groups excluding carboxylic acids is 1. The van der Waals surface area contributed by atoms with Gasteiger partial charge in [0.2, 0.25) is 0 Å². The molecule has 0 aliphatic carbocycles. The number of nitrogens with zero attached hydrogens (tertiary/aromatic N) is 1. The van der Waals surface area contributed by atoms with E-state index in [-0.39, 0.29) is 12.5 Å². The lowest BCUT2D eigenvalue weighted by Gasteiger charge is -2.18. The minimum atomic E-state index is 0.0168. The van der Waals surface area contributed by atoms with E-state index in [1.165, 1.54) is 16.2 Å². The van der Waals surface area contributed by atoms with Crippen molar-refractivity contribution in [3.8, 4) is 0 Å². The molecule has 0 fully saturated rings. The molecule has 0 saturated carbocycles. The van der Waals surface area contributed by atoms with Crippen molar-refractivity contribution in [3.05, 3.63) is 21.4 Å². The molecule has 84 valence electrons. The van der Waals surface area contributed by atoms with Crippen LogP contribution in [0.25, 0.3) is 0 Å². The second-order valence-electron chi connectivity index (χ2n) is 3.46. The van der Waals surface area contributed by atoms with E-state index in [1.54, 1.807) is 4.90 Å². The molecule has 0 aliphatic rings. The molecule has 4 heteroatoms. The molecule has 0 saturated heterocycles. The first-order valence-corrected chi connectivity index (χ1v) is 5.89. The molecule has 0 radical (unpaired) electrons. The lowest BCUT2D eigenvalue weighted by Crippen LogP contribution is -2.32. The van der Waals surface area contributed by atoms with Crippen molar-refractivity contribution in [2.75, 3.05) is 19.7 Å².